The summed E-state index contributed by atoms with van der Waals surface area (Å²) in [6, 6.07) is 3.85. The lowest BCUT2D eigenvalue weighted by molar-refractivity contribution is -0.120. The summed E-state index contributed by atoms with van der Waals surface area (Å²) < 4.78 is 26.1. The Morgan fingerprint density at radius 2 is 2.04 bits per heavy atom. The average molecular weight is 374 g/mol. The number of hydrogen-bond acceptors (Lipinski definition) is 4. The molecule has 4 nitrogen and oxygen atoms in total. The van der Waals surface area contributed by atoms with Crippen LogP contribution in [0.3, 0.4) is 0 Å². The molecule has 0 radical (unpaired) electrons. The van der Waals surface area contributed by atoms with Gasteiger partial charge in [-0.1, -0.05) is 6.07 Å². The van der Waals surface area contributed by atoms with Gasteiger partial charge in [0.2, 0.25) is 5.91 Å². The minimum absolute atomic E-state index is 0. The Kier molecular flexibility index (Phi) is 6.65. The molecule has 2 aromatic rings. The van der Waals surface area contributed by atoms with Gasteiger partial charge in [0.05, 0.1) is 0 Å². The maximum absolute atomic E-state index is 13.2. The lowest BCUT2D eigenvalue weighted by atomic mass is 9.97. The molecule has 1 aromatic heterocycles. The van der Waals surface area contributed by atoms with E-state index in [0.29, 0.717) is 17.1 Å². The molecular formula is C16H18ClF2N3OS. The summed E-state index contributed by atoms with van der Waals surface area (Å²) in [5.41, 5.74) is 0.670. The van der Waals surface area contributed by atoms with Gasteiger partial charge in [0.1, 0.15) is 0 Å². The van der Waals surface area contributed by atoms with Crippen molar-refractivity contribution in [3.8, 4) is 0 Å². The minimum Gasteiger partial charge on any atom is -0.317 e. The Balaban J connectivity index is 0.00000208. The van der Waals surface area contributed by atoms with Gasteiger partial charge in [0.25, 0.3) is 0 Å². The van der Waals surface area contributed by atoms with Crippen molar-refractivity contribution >= 4 is 34.8 Å². The van der Waals surface area contributed by atoms with Crippen LogP contribution in [0.1, 0.15) is 23.3 Å². The number of piperidine rings is 1. The third kappa shape index (κ3) is 4.72. The molecule has 130 valence electrons. The molecule has 0 bridgehead atoms. The van der Waals surface area contributed by atoms with E-state index in [0.717, 1.165) is 36.9 Å². The molecule has 1 fully saturated rings. The molecule has 3 rings (SSSR count). The Hall–Kier alpha value is -1.57. The molecule has 1 aromatic carbocycles. The molecule has 2 heterocycles. The number of carbonyl (C=O) groups excluding carboxylic acids is 1. The van der Waals surface area contributed by atoms with Gasteiger partial charge < -0.3 is 10.6 Å². The molecule has 2 N–H and O–H groups in total. The van der Waals surface area contributed by atoms with Crippen LogP contribution in [-0.2, 0) is 11.2 Å². The number of carbonyl (C=O) groups is 1. The molecular weight excluding hydrogens is 356 g/mol. The second-order valence-corrected chi connectivity index (χ2v) is 6.69. The molecule has 0 unspecified atom stereocenters. The monoisotopic (exact) mass is 373 g/mol. The highest BCUT2D eigenvalue weighted by Gasteiger charge is 2.21. The van der Waals surface area contributed by atoms with Crippen LogP contribution in [0.5, 0.6) is 0 Å². The van der Waals surface area contributed by atoms with Crippen LogP contribution in [-0.4, -0.2) is 24.0 Å². The number of anilines is 1. The summed E-state index contributed by atoms with van der Waals surface area (Å²) in [6.07, 6.45) is 3.78. The fourth-order valence-corrected chi connectivity index (χ4v) is 3.44. The SMILES string of the molecule is Cl.O=C(Nc1ncc(Cc2ccc(F)c(F)c2)s1)C1CCNCC1. The number of hydrogen-bond donors (Lipinski definition) is 2. The van der Waals surface area contributed by atoms with Crippen LogP contribution >= 0.6 is 23.7 Å². The van der Waals surface area contributed by atoms with Crippen molar-refractivity contribution in [1.29, 1.82) is 0 Å². The number of rotatable bonds is 4. The van der Waals surface area contributed by atoms with E-state index in [-0.39, 0.29) is 24.2 Å². The van der Waals surface area contributed by atoms with E-state index < -0.39 is 11.6 Å². The number of halogens is 3. The molecule has 0 aliphatic carbocycles. The quantitative estimate of drug-likeness (QED) is 0.864. The zero-order valence-electron chi connectivity index (χ0n) is 12.9. The summed E-state index contributed by atoms with van der Waals surface area (Å²) >= 11 is 1.36. The first kappa shape index (κ1) is 18.8. The molecule has 1 amide bonds. The molecule has 0 atom stereocenters. The predicted octanol–water partition coefficient (Wildman–Crippen LogP) is 3.37. The molecule has 1 aliphatic heterocycles. The normalized spacial score (nSPS) is 14.9. The zero-order chi connectivity index (χ0) is 16.2. The molecule has 8 heteroatoms. The second-order valence-electron chi connectivity index (χ2n) is 5.57. The van der Waals surface area contributed by atoms with Gasteiger partial charge in [-0.05, 0) is 43.6 Å². The van der Waals surface area contributed by atoms with Crippen molar-refractivity contribution in [2.45, 2.75) is 19.3 Å². The highest BCUT2D eigenvalue weighted by Crippen LogP contribution is 2.23. The van der Waals surface area contributed by atoms with Gasteiger partial charge in [0.15, 0.2) is 16.8 Å². The smallest absolute Gasteiger partial charge is 0.229 e. The van der Waals surface area contributed by atoms with E-state index in [9.17, 15) is 13.6 Å². The Morgan fingerprint density at radius 3 is 2.75 bits per heavy atom. The van der Waals surface area contributed by atoms with Crippen molar-refractivity contribution in [2.75, 3.05) is 18.4 Å². The Morgan fingerprint density at radius 1 is 1.29 bits per heavy atom. The largest absolute Gasteiger partial charge is 0.317 e. The number of nitrogens with zero attached hydrogens (tertiary/aromatic N) is 1. The maximum atomic E-state index is 13.2. The summed E-state index contributed by atoms with van der Waals surface area (Å²) in [6.45, 7) is 1.72. The summed E-state index contributed by atoms with van der Waals surface area (Å²) in [4.78, 5) is 17.2. The standard InChI is InChI=1S/C16H17F2N3OS.ClH/c17-13-2-1-10(8-14(13)18)7-12-9-20-16(23-12)21-15(22)11-3-5-19-6-4-11;/h1-2,8-9,11,19H,3-7H2,(H,20,21,22);1H. The molecule has 0 saturated carbocycles. The van der Waals surface area contributed by atoms with Gasteiger partial charge in [-0.15, -0.1) is 23.7 Å². The predicted molar refractivity (Wildman–Crippen MR) is 92.7 cm³/mol. The number of amides is 1. The van der Waals surface area contributed by atoms with Crippen molar-refractivity contribution in [1.82, 2.24) is 10.3 Å². The third-order valence-corrected chi connectivity index (χ3v) is 4.77. The maximum Gasteiger partial charge on any atom is 0.229 e. The minimum atomic E-state index is -0.855. The first-order valence-electron chi connectivity index (χ1n) is 7.52. The van der Waals surface area contributed by atoms with Crippen molar-refractivity contribution in [3.63, 3.8) is 0 Å². The first-order chi connectivity index (χ1) is 11.1. The van der Waals surface area contributed by atoms with Crippen molar-refractivity contribution in [3.05, 3.63) is 46.5 Å². The van der Waals surface area contributed by atoms with Gasteiger partial charge in [-0.3, -0.25) is 4.79 Å². The van der Waals surface area contributed by atoms with Crippen LogP contribution in [0.25, 0.3) is 0 Å². The van der Waals surface area contributed by atoms with Crippen molar-refractivity contribution < 1.29 is 13.6 Å². The van der Waals surface area contributed by atoms with Crippen LogP contribution in [0.4, 0.5) is 13.9 Å². The van der Waals surface area contributed by atoms with Gasteiger partial charge in [-0.2, -0.15) is 0 Å². The highest BCUT2D eigenvalue weighted by atomic mass is 35.5. The zero-order valence-corrected chi connectivity index (χ0v) is 14.5. The average Bonchev–Trinajstić information content (AvgIpc) is 2.99. The van der Waals surface area contributed by atoms with Crippen molar-refractivity contribution in [2.24, 2.45) is 5.92 Å². The number of nitrogens with one attached hydrogen (secondary N) is 2. The van der Waals surface area contributed by atoms with Crippen LogP contribution in [0.2, 0.25) is 0 Å². The molecule has 0 spiro atoms. The van der Waals surface area contributed by atoms with E-state index in [2.05, 4.69) is 15.6 Å². The molecule has 1 aliphatic rings. The van der Waals surface area contributed by atoms with Gasteiger partial charge in [-0.25, -0.2) is 13.8 Å². The summed E-state index contributed by atoms with van der Waals surface area (Å²) in [5, 5.41) is 6.62. The van der Waals surface area contributed by atoms with E-state index in [1.165, 1.54) is 17.4 Å². The fraction of sp³-hybridized carbons (Fsp3) is 0.375. The molecule has 24 heavy (non-hydrogen) atoms. The number of thiazole rings is 1. The van der Waals surface area contributed by atoms with Crippen LogP contribution in [0.15, 0.2) is 24.4 Å². The highest BCUT2D eigenvalue weighted by molar-refractivity contribution is 7.15. The summed E-state index contributed by atoms with van der Waals surface area (Å²) in [5.74, 6) is -1.69. The Labute approximate surface area is 149 Å². The van der Waals surface area contributed by atoms with E-state index >= 15 is 0 Å². The van der Waals surface area contributed by atoms with E-state index in [4.69, 9.17) is 0 Å². The summed E-state index contributed by atoms with van der Waals surface area (Å²) in [7, 11) is 0. The van der Waals surface area contributed by atoms with Gasteiger partial charge in [0, 0.05) is 23.4 Å². The third-order valence-electron chi connectivity index (χ3n) is 3.86. The first-order valence-corrected chi connectivity index (χ1v) is 8.33. The van der Waals surface area contributed by atoms with Gasteiger partial charge >= 0.3 is 0 Å². The second kappa shape index (κ2) is 8.50. The lowest BCUT2D eigenvalue weighted by Crippen LogP contribution is -2.34. The number of benzene rings is 1. The molecule has 1 saturated heterocycles. The topological polar surface area (TPSA) is 54.0 Å². The van der Waals surface area contributed by atoms with E-state index in [1.54, 1.807) is 12.3 Å². The number of aromatic nitrogens is 1. The van der Waals surface area contributed by atoms with Crippen LogP contribution < -0.4 is 10.6 Å². The van der Waals surface area contributed by atoms with Crippen LogP contribution in [0, 0.1) is 17.6 Å². The lowest BCUT2D eigenvalue weighted by Gasteiger charge is -2.20. The van der Waals surface area contributed by atoms with E-state index in [1.807, 2.05) is 0 Å². The fourth-order valence-electron chi connectivity index (χ4n) is 2.59. The Bertz CT molecular complexity index is 704.